The minimum absolute atomic E-state index is 0.0510. The van der Waals surface area contributed by atoms with E-state index < -0.39 is 19.7 Å². The SMILES string of the molecule is O=CN(CCN(C=O)[C@H]1CCS(=O)(=O)C1)[C@@H]1CCS(=O)(=O)C1. The molecule has 22 heavy (non-hydrogen) atoms. The molecule has 2 aliphatic rings. The average molecular weight is 352 g/mol. The highest BCUT2D eigenvalue weighted by molar-refractivity contribution is 7.91. The number of nitrogens with zero attached hydrogens (tertiary/aromatic N) is 2. The minimum Gasteiger partial charge on any atom is -0.339 e. The molecule has 2 aliphatic heterocycles. The second-order valence-corrected chi connectivity index (χ2v) is 10.3. The van der Waals surface area contributed by atoms with E-state index in [0.717, 1.165) is 0 Å². The number of rotatable bonds is 7. The van der Waals surface area contributed by atoms with Gasteiger partial charge in [-0.15, -0.1) is 0 Å². The number of carbonyl (C=O) groups is 2. The second kappa shape index (κ2) is 6.53. The van der Waals surface area contributed by atoms with E-state index in [4.69, 9.17) is 0 Å². The van der Waals surface area contributed by atoms with Crippen molar-refractivity contribution in [2.75, 3.05) is 36.1 Å². The monoisotopic (exact) mass is 352 g/mol. The molecule has 126 valence electrons. The third-order valence-corrected chi connectivity index (χ3v) is 7.74. The van der Waals surface area contributed by atoms with Crippen molar-refractivity contribution in [3.05, 3.63) is 0 Å². The molecule has 2 fully saturated rings. The van der Waals surface area contributed by atoms with Gasteiger partial charge in [0, 0.05) is 25.2 Å². The fourth-order valence-corrected chi connectivity index (χ4v) is 6.43. The zero-order chi connectivity index (χ0) is 16.4. The summed E-state index contributed by atoms with van der Waals surface area (Å²) in [5.74, 6) is 0.0375. The van der Waals surface area contributed by atoms with Gasteiger partial charge in [-0.05, 0) is 12.8 Å². The lowest BCUT2D eigenvalue weighted by molar-refractivity contribution is -0.123. The van der Waals surface area contributed by atoms with E-state index in [2.05, 4.69) is 0 Å². The summed E-state index contributed by atoms with van der Waals surface area (Å²) in [7, 11) is -6.18. The van der Waals surface area contributed by atoms with Crippen LogP contribution >= 0.6 is 0 Å². The number of carbonyl (C=O) groups excluding carboxylic acids is 2. The molecule has 2 atom stereocenters. The number of amides is 2. The Kier molecular flexibility index (Phi) is 5.10. The van der Waals surface area contributed by atoms with Crippen molar-refractivity contribution in [1.82, 2.24) is 9.80 Å². The van der Waals surface area contributed by atoms with E-state index in [1.807, 2.05) is 0 Å². The van der Waals surface area contributed by atoms with E-state index in [-0.39, 0.29) is 48.2 Å². The average Bonchev–Trinajstić information content (AvgIpc) is 2.97. The van der Waals surface area contributed by atoms with E-state index in [1.165, 1.54) is 9.80 Å². The Morgan fingerprint density at radius 2 is 1.14 bits per heavy atom. The normalized spacial score (nSPS) is 29.1. The first kappa shape index (κ1) is 17.2. The molecule has 2 amide bonds. The summed E-state index contributed by atoms with van der Waals surface area (Å²) in [6, 6.07) is -0.716. The molecule has 2 rings (SSSR count). The molecule has 0 bridgehead atoms. The van der Waals surface area contributed by atoms with Gasteiger partial charge < -0.3 is 9.80 Å². The maximum absolute atomic E-state index is 11.5. The predicted octanol–water partition coefficient (Wildman–Crippen LogP) is -1.72. The van der Waals surface area contributed by atoms with Crippen molar-refractivity contribution in [3.63, 3.8) is 0 Å². The van der Waals surface area contributed by atoms with Crippen molar-refractivity contribution >= 4 is 32.5 Å². The molecule has 0 unspecified atom stereocenters. The molecular formula is C12H20N2O6S2. The Hall–Kier alpha value is -1.16. The Bertz CT molecular complexity index is 574. The fourth-order valence-electron chi connectivity index (χ4n) is 2.95. The first-order valence-electron chi connectivity index (χ1n) is 7.09. The molecular weight excluding hydrogens is 332 g/mol. The standard InChI is InChI=1S/C12H20N2O6S2/c15-9-13(11-1-5-21(17,18)7-11)3-4-14(10-16)12-2-6-22(19,20)8-12/h9-12H,1-8H2/t11-,12+. The van der Waals surface area contributed by atoms with Gasteiger partial charge in [-0.1, -0.05) is 0 Å². The van der Waals surface area contributed by atoms with Gasteiger partial charge >= 0.3 is 0 Å². The second-order valence-electron chi connectivity index (χ2n) is 5.80. The fraction of sp³-hybridized carbons (Fsp3) is 0.833. The van der Waals surface area contributed by atoms with Crippen molar-refractivity contribution in [3.8, 4) is 0 Å². The molecule has 2 saturated heterocycles. The zero-order valence-electron chi connectivity index (χ0n) is 12.1. The van der Waals surface area contributed by atoms with Crippen LogP contribution in [0.15, 0.2) is 0 Å². The summed E-state index contributed by atoms with van der Waals surface area (Å²) in [5, 5.41) is 0. The lowest BCUT2D eigenvalue weighted by Gasteiger charge is -2.29. The number of hydrogen-bond donors (Lipinski definition) is 0. The summed E-state index contributed by atoms with van der Waals surface area (Å²) in [4.78, 5) is 25.1. The molecule has 0 spiro atoms. The van der Waals surface area contributed by atoms with Crippen LogP contribution in [-0.2, 0) is 29.3 Å². The molecule has 0 aromatic carbocycles. The van der Waals surface area contributed by atoms with Crippen LogP contribution in [0.1, 0.15) is 12.8 Å². The highest BCUT2D eigenvalue weighted by atomic mass is 32.2. The molecule has 0 aromatic heterocycles. The molecule has 2 heterocycles. The van der Waals surface area contributed by atoms with Gasteiger partial charge in [-0.2, -0.15) is 0 Å². The predicted molar refractivity (Wildman–Crippen MR) is 79.7 cm³/mol. The van der Waals surface area contributed by atoms with Crippen LogP contribution in [-0.4, -0.2) is 87.6 Å². The Labute approximate surface area is 130 Å². The maximum atomic E-state index is 11.5. The number of hydrogen-bond acceptors (Lipinski definition) is 6. The van der Waals surface area contributed by atoms with Crippen molar-refractivity contribution in [2.45, 2.75) is 24.9 Å². The lowest BCUT2D eigenvalue weighted by Crippen LogP contribution is -2.44. The van der Waals surface area contributed by atoms with Gasteiger partial charge in [-0.3, -0.25) is 9.59 Å². The van der Waals surface area contributed by atoms with Crippen LogP contribution in [0.2, 0.25) is 0 Å². The lowest BCUT2D eigenvalue weighted by atomic mass is 10.2. The minimum atomic E-state index is -3.09. The van der Waals surface area contributed by atoms with Gasteiger partial charge in [0.1, 0.15) is 0 Å². The third kappa shape index (κ3) is 4.19. The Morgan fingerprint density at radius 1 is 0.773 bits per heavy atom. The van der Waals surface area contributed by atoms with Crippen molar-refractivity contribution in [2.24, 2.45) is 0 Å². The van der Waals surface area contributed by atoms with E-state index in [1.54, 1.807) is 0 Å². The van der Waals surface area contributed by atoms with Gasteiger partial charge in [-0.25, -0.2) is 16.8 Å². The molecule has 8 nitrogen and oxygen atoms in total. The summed E-state index contributed by atoms with van der Waals surface area (Å²) in [6.45, 7) is 0.415. The topological polar surface area (TPSA) is 109 Å². The molecule has 0 aromatic rings. The van der Waals surface area contributed by atoms with Crippen LogP contribution in [0.5, 0.6) is 0 Å². The molecule has 10 heteroatoms. The summed E-state index contributed by atoms with van der Waals surface area (Å²) in [5.41, 5.74) is 0. The van der Waals surface area contributed by atoms with Crippen LogP contribution in [0.4, 0.5) is 0 Å². The van der Waals surface area contributed by atoms with Gasteiger partial charge in [0.05, 0.1) is 23.0 Å². The highest BCUT2D eigenvalue weighted by Gasteiger charge is 2.34. The highest BCUT2D eigenvalue weighted by Crippen LogP contribution is 2.18. The molecule has 0 saturated carbocycles. The summed E-state index contributed by atoms with van der Waals surface area (Å²) in [6.07, 6.45) is 2.00. The van der Waals surface area contributed by atoms with Crippen LogP contribution in [0.3, 0.4) is 0 Å². The van der Waals surface area contributed by atoms with E-state index >= 15 is 0 Å². The van der Waals surface area contributed by atoms with E-state index in [9.17, 15) is 26.4 Å². The summed E-state index contributed by atoms with van der Waals surface area (Å²) < 4.78 is 45.8. The first-order valence-corrected chi connectivity index (χ1v) is 10.7. The Balaban J connectivity index is 1.92. The van der Waals surface area contributed by atoms with Crippen LogP contribution in [0.25, 0.3) is 0 Å². The zero-order valence-corrected chi connectivity index (χ0v) is 13.8. The van der Waals surface area contributed by atoms with Crippen molar-refractivity contribution < 1.29 is 26.4 Å². The van der Waals surface area contributed by atoms with Crippen molar-refractivity contribution in [1.29, 1.82) is 0 Å². The van der Waals surface area contributed by atoms with Gasteiger partial charge in [0.2, 0.25) is 12.8 Å². The Morgan fingerprint density at radius 3 is 1.36 bits per heavy atom. The largest absolute Gasteiger partial charge is 0.339 e. The molecule has 0 radical (unpaired) electrons. The quantitative estimate of drug-likeness (QED) is 0.504. The molecule has 0 aliphatic carbocycles. The van der Waals surface area contributed by atoms with Crippen LogP contribution in [0, 0.1) is 0 Å². The van der Waals surface area contributed by atoms with Gasteiger partial charge in [0.25, 0.3) is 0 Å². The summed E-state index contributed by atoms with van der Waals surface area (Å²) >= 11 is 0. The van der Waals surface area contributed by atoms with E-state index in [0.29, 0.717) is 25.7 Å². The van der Waals surface area contributed by atoms with Crippen LogP contribution < -0.4 is 0 Å². The first-order chi connectivity index (χ1) is 10.3. The molecule has 0 N–H and O–H groups in total. The maximum Gasteiger partial charge on any atom is 0.210 e. The smallest absolute Gasteiger partial charge is 0.210 e. The number of sulfone groups is 2. The third-order valence-electron chi connectivity index (χ3n) is 4.24. The van der Waals surface area contributed by atoms with Gasteiger partial charge in [0.15, 0.2) is 19.7 Å².